The lowest BCUT2D eigenvalue weighted by Gasteiger charge is -2.17. The molecule has 0 saturated carbocycles. The van der Waals surface area contributed by atoms with Crippen LogP contribution in [0.4, 0.5) is 5.13 Å². The lowest BCUT2D eigenvalue weighted by molar-refractivity contribution is 0.0475. The van der Waals surface area contributed by atoms with Gasteiger partial charge in [0.15, 0.2) is 0 Å². The Morgan fingerprint density at radius 2 is 2.11 bits per heavy atom. The fourth-order valence-electron chi connectivity index (χ4n) is 3.21. The SMILES string of the molecule is CCc1nnc(NC(=O)c2ccc3c(c2)C(=O)N(CC2CCCO2)C3=O)s1. The van der Waals surface area contributed by atoms with Gasteiger partial charge in [-0.25, -0.2) is 0 Å². The Kier molecular flexibility index (Phi) is 4.71. The normalized spacial score (nSPS) is 18.9. The third kappa shape index (κ3) is 3.35. The molecule has 3 heterocycles. The van der Waals surface area contributed by atoms with Gasteiger partial charge in [0.2, 0.25) is 5.13 Å². The van der Waals surface area contributed by atoms with Crippen molar-refractivity contribution in [1.29, 1.82) is 0 Å². The number of hydrogen-bond acceptors (Lipinski definition) is 7. The molecule has 4 rings (SSSR count). The molecule has 8 nitrogen and oxygen atoms in total. The van der Waals surface area contributed by atoms with Gasteiger partial charge in [-0.05, 0) is 37.5 Å². The van der Waals surface area contributed by atoms with E-state index in [1.54, 1.807) is 0 Å². The fraction of sp³-hybridized carbons (Fsp3) is 0.389. The van der Waals surface area contributed by atoms with Gasteiger partial charge in [0.25, 0.3) is 17.7 Å². The summed E-state index contributed by atoms with van der Waals surface area (Å²) in [7, 11) is 0. The number of ether oxygens (including phenoxy) is 1. The first-order valence-corrected chi connectivity index (χ1v) is 9.64. The quantitative estimate of drug-likeness (QED) is 0.790. The summed E-state index contributed by atoms with van der Waals surface area (Å²) in [6.07, 6.45) is 2.40. The first-order valence-electron chi connectivity index (χ1n) is 8.82. The number of aryl methyl sites for hydroxylation is 1. The molecule has 1 fully saturated rings. The molecule has 1 N–H and O–H groups in total. The van der Waals surface area contributed by atoms with Gasteiger partial charge in [-0.2, -0.15) is 0 Å². The second-order valence-corrected chi connectivity index (χ2v) is 7.49. The standard InChI is InChI=1S/C18H18N4O4S/c1-2-14-20-21-18(27-14)19-15(23)10-5-6-12-13(8-10)17(25)22(16(12)24)9-11-4-3-7-26-11/h5-6,8,11H,2-4,7,9H2,1H3,(H,19,21,23). The molecule has 140 valence electrons. The zero-order valence-corrected chi connectivity index (χ0v) is 15.5. The molecule has 1 aromatic heterocycles. The van der Waals surface area contributed by atoms with Gasteiger partial charge in [0.1, 0.15) is 5.01 Å². The van der Waals surface area contributed by atoms with Gasteiger partial charge in [-0.15, -0.1) is 10.2 Å². The highest BCUT2D eigenvalue weighted by Gasteiger charge is 2.38. The zero-order chi connectivity index (χ0) is 19.0. The van der Waals surface area contributed by atoms with E-state index in [0.717, 1.165) is 24.3 Å². The molecule has 27 heavy (non-hydrogen) atoms. The second-order valence-electron chi connectivity index (χ2n) is 6.42. The van der Waals surface area contributed by atoms with Crippen molar-refractivity contribution in [3.63, 3.8) is 0 Å². The van der Waals surface area contributed by atoms with Crippen molar-refractivity contribution in [2.24, 2.45) is 0 Å². The number of imide groups is 1. The van der Waals surface area contributed by atoms with Gasteiger partial charge in [0.05, 0.1) is 23.8 Å². The highest BCUT2D eigenvalue weighted by Crippen LogP contribution is 2.26. The molecular weight excluding hydrogens is 368 g/mol. The molecule has 1 atom stereocenters. The van der Waals surface area contributed by atoms with Crippen LogP contribution in [-0.4, -0.2) is 52.1 Å². The smallest absolute Gasteiger partial charge is 0.261 e. The molecule has 0 radical (unpaired) electrons. The third-order valence-corrected chi connectivity index (χ3v) is 5.62. The predicted octanol–water partition coefficient (Wildman–Crippen LogP) is 2.13. The van der Waals surface area contributed by atoms with E-state index in [9.17, 15) is 14.4 Å². The van der Waals surface area contributed by atoms with E-state index in [4.69, 9.17) is 4.74 Å². The van der Waals surface area contributed by atoms with E-state index >= 15 is 0 Å². The monoisotopic (exact) mass is 386 g/mol. The maximum absolute atomic E-state index is 12.7. The predicted molar refractivity (Wildman–Crippen MR) is 98.0 cm³/mol. The summed E-state index contributed by atoms with van der Waals surface area (Å²) in [5.41, 5.74) is 0.859. The van der Waals surface area contributed by atoms with Crippen molar-refractivity contribution in [2.75, 3.05) is 18.5 Å². The van der Waals surface area contributed by atoms with Crippen LogP contribution in [0.3, 0.4) is 0 Å². The van der Waals surface area contributed by atoms with Crippen molar-refractivity contribution in [3.8, 4) is 0 Å². The highest BCUT2D eigenvalue weighted by molar-refractivity contribution is 7.15. The Bertz CT molecular complexity index is 920. The number of fused-ring (bicyclic) bond motifs is 1. The van der Waals surface area contributed by atoms with Gasteiger partial charge >= 0.3 is 0 Å². The van der Waals surface area contributed by atoms with E-state index in [0.29, 0.717) is 22.9 Å². The van der Waals surface area contributed by atoms with Crippen molar-refractivity contribution in [3.05, 3.63) is 39.9 Å². The minimum Gasteiger partial charge on any atom is -0.376 e. The minimum absolute atomic E-state index is 0.111. The van der Waals surface area contributed by atoms with E-state index in [1.165, 1.54) is 34.4 Å². The number of amides is 3. The van der Waals surface area contributed by atoms with Crippen LogP contribution >= 0.6 is 11.3 Å². The number of nitrogens with zero attached hydrogens (tertiary/aromatic N) is 3. The summed E-state index contributed by atoms with van der Waals surface area (Å²) in [6, 6.07) is 4.52. The lowest BCUT2D eigenvalue weighted by Crippen LogP contribution is -2.36. The summed E-state index contributed by atoms with van der Waals surface area (Å²) >= 11 is 1.30. The second kappa shape index (κ2) is 7.16. The van der Waals surface area contributed by atoms with Crippen LogP contribution in [0.15, 0.2) is 18.2 Å². The maximum Gasteiger partial charge on any atom is 0.261 e. The van der Waals surface area contributed by atoms with E-state index < -0.39 is 5.91 Å². The molecule has 0 aliphatic carbocycles. The summed E-state index contributed by atoms with van der Waals surface area (Å²) in [5, 5.41) is 11.8. The molecule has 3 amide bonds. The molecule has 1 aromatic carbocycles. The van der Waals surface area contributed by atoms with Gasteiger partial charge in [-0.3, -0.25) is 24.6 Å². The molecule has 9 heteroatoms. The summed E-state index contributed by atoms with van der Waals surface area (Å²) in [6.45, 7) is 2.86. The number of rotatable bonds is 5. The average molecular weight is 386 g/mol. The number of nitrogens with one attached hydrogen (secondary N) is 1. The zero-order valence-electron chi connectivity index (χ0n) is 14.7. The first-order chi connectivity index (χ1) is 13.1. The number of hydrogen-bond donors (Lipinski definition) is 1. The van der Waals surface area contributed by atoms with Crippen LogP contribution in [-0.2, 0) is 11.2 Å². The number of carbonyl (C=O) groups excluding carboxylic acids is 3. The topological polar surface area (TPSA) is 101 Å². The Morgan fingerprint density at radius 3 is 2.81 bits per heavy atom. The summed E-state index contributed by atoms with van der Waals surface area (Å²) in [5.74, 6) is -1.12. The number of carbonyl (C=O) groups is 3. The molecule has 1 unspecified atom stereocenters. The molecule has 2 aliphatic rings. The van der Waals surface area contributed by atoms with Gasteiger partial charge in [-0.1, -0.05) is 18.3 Å². The van der Waals surface area contributed by atoms with Crippen LogP contribution in [0.1, 0.15) is 55.8 Å². The van der Waals surface area contributed by atoms with Crippen LogP contribution in [0.5, 0.6) is 0 Å². The molecular formula is C18H18N4O4S. The highest BCUT2D eigenvalue weighted by atomic mass is 32.1. The Hall–Kier alpha value is -2.65. The Labute approximate surface area is 159 Å². The number of anilines is 1. The maximum atomic E-state index is 12.7. The van der Waals surface area contributed by atoms with Crippen molar-refractivity contribution in [1.82, 2.24) is 15.1 Å². The minimum atomic E-state index is -0.394. The van der Waals surface area contributed by atoms with Crippen LogP contribution in [0.2, 0.25) is 0 Å². The molecule has 2 aromatic rings. The summed E-state index contributed by atoms with van der Waals surface area (Å²) < 4.78 is 5.53. The van der Waals surface area contributed by atoms with Crippen molar-refractivity contribution < 1.29 is 19.1 Å². The fourth-order valence-corrected chi connectivity index (χ4v) is 3.88. The van der Waals surface area contributed by atoms with E-state index in [1.807, 2.05) is 6.92 Å². The first kappa shape index (κ1) is 17.7. The molecule has 2 aliphatic heterocycles. The van der Waals surface area contributed by atoms with E-state index in [-0.39, 0.29) is 30.0 Å². The summed E-state index contributed by atoms with van der Waals surface area (Å²) in [4.78, 5) is 38.9. The third-order valence-electron chi connectivity index (χ3n) is 4.63. The Morgan fingerprint density at radius 1 is 1.30 bits per heavy atom. The molecule has 1 saturated heterocycles. The number of benzene rings is 1. The van der Waals surface area contributed by atoms with E-state index in [2.05, 4.69) is 15.5 Å². The lowest BCUT2D eigenvalue weighted by atomic mass is 10.1. The van der Waals surface area contributed by atoms with Crippen molar-refractivity contribution >= 4 is 34.2 Å². The molecule has 0 spiro atoms. The van der Waals surface area contributed by atoms with Crippen LogP contribution in [0.25, 0.3) is 0 Å². The molecule has 0 bridgehead atoms. The van der Waals surface area contributed by atoms with Crippen LogP contribution < -0.4 is 5.32 Å². The number of aromatic nitrogens is 2. The van der Waals surface area contributed by atoms with Crippen LogP contribution in [0, 0.1) is 0 Å². The largest absolute Gasteiger partial charge is 0.376 e. The average Bonchev–Trinajstić information content (AvgIpc) is 3.40. The Balaban J connectivity index is 1.52. The van der Waals surface area contributed by atoms with Gasteiger partial charge in [0, 0.05) is 12.2 Å². The van der Waals surface area contributed by atoms with Gasteiger partial charge < -0.3 is 4.74 Å². The van der Waals surface area contributed by atoms with Crippen molar-refractivity contribution in [2.45, 2.75) is 32.3 Å².